The summed E-state index contributed by atoms with van der Waals surface area (Å²) in [4.78, 5) is 11.5. The molecular formula is C18H18Cl2O2. The number of carbonyl (C=O) groups excluding carboxylic acids is 1. The fraction of sp³-hybridized carbons (Fsp3) is 0.278. The summed E-state index contributed by atoms with van der Waals surface area (Å²) in [6, 6.07) is 13.5. The molecule has 0 aliphatic heterocycles. The molecule has 22 heavy (non-hydrogen) atoms. The number of benzene rings is 2. The molecule has 0 bridgehead atoms. The highest BCUT2D eigenvalue weighted by molar-refractivity contribution is 6.36. The van der Waals surface area contributed by atoms with Gasteiger partial charge in [0.1, 0.15) is 0 Å². The van der Waals surface area contributed by atoms with E-state index in [-0.39, 0.29) is 11.9 Å². The van der Waals surface area contributed by atoms with Gasteiger partial charge in [-0.25, -0.2) is 0 Å². The topological polar surface area (TPSA) is 26.3 Å². The average Bonchev–Trinajstić information content (AvgIpc) is 2.47. The van der Waals surface area contributed by atoms with Gasteiger partial charge in [-0.3, -0.25) is 4.79 Å². The SMILES string of the molecule is CCOC(=O)CC(C)c1ccc(-c2ccc(Cl)cc2Cl)cc1. The fourth-order valence-corrected chi connectivity index (χ4v) is 2.82. The summed E-state index contributed by atoms with van der Waals surface area (Å²) >= 11 is 12.1. The van der Waals surface area contributed by atoms with Gasteiger partial charge in [0, 0.05) is 15.6 Å². The molecule has 0 radical (unpaired) electrons. The third kappa shape index (κ3) is 4.25. The molecule has 0 saturated heterocycles. The van der Waals surface area contributed by atoms with Gasteiger partial charge in [-0.05, 0) is 36.1 Å². The van der Waals surface area contributed by atoms with Crippen LogP contribution in [0.2, 0.25) is 10.0 Å². The normalized spacial score (nSPS) is 12.0. The first-order valence-electron chi connectivity index (χ1n) is 7.22. The van der Waals surface area contributed by atoms with Crippen molar-refractivity contribution in [1.82, 2.24) is 0 Å². The molecule has 0 saturated carbocycles. The van der Waals surface area contributed by atoms with E-state index in [1.54, 1.807) is 6.07 Å². The minimum absolute atomic E-state index is 0.119. The molecule has 1 unspecified atom stereocenters. The molecule has 1 atom stereocenters. The number of carbonyl (C=O) groups is 1. The molecule has 2 rings (SSSR count). The molecule has 0 aliphatic carbocycles. The molecule has 2 nitrogen and oxygen atoms in total. The smallest absolute Gasteiger partial charge is 0.306 e. The quantitative estimate of drug-likeness (QED) is 0.653. The van der Waals surface area contributed by atoms with E-state index in [4.69, 9.17) is 27.9 Å². The monoisotopic (exact) mass is 336 g/mol. The maximum atomic E-state index is 11.5. The first-order chi connectivity index (χ1) is 10.5. The van der Waals surface area contributed by atoms with Crippen molar-refractivity contribution in [1.29, 1.82) is 0 Å². The van der Waals surface area contributed by atoms with Crippen LogP contribution in [0.5, 0.6) is 0 Å². The predicted octanol–water partition coefficient (Wildman–Crippen LogP) is 5.72. The summed E-state index contributed by atoms with van der Waals surface area (Å²) in [5.74, 6) is -0.0476. The summed E-state index contributed by atoms with van der Waals surface area (Å²) in [5.41, 5.74) is 3.06. The molecular weight excluding hydrogens is 319 g/mol. The number of halogens is 2. The standard InChI is InChI=1S/C18H18Cl2O2/c1-3-22-18(21)10-12(2)13-4-6-14(7-5-13)16-9-8-15(19)11-17(16)20/h4-9,11-12H,3,10H2,1-2H3. The van der Waals surface area contributed by atoms with Gasteiger partial charge >= 0.3 is 5.97 Å². The summed E-state index contributed by atoms with van der Waals surface area (Å²) in [6.45, 7) is 4.24. The van der Waals surface area contributed by atoms with Crippen molar-refractivity contribution in [3.8, 4) is 11.1 Å². The molecule has 0 heterocycles. The molecule has 116 valence electrons. The molecule has 2 aromatic carbocycles. The van der Waals surface area contributed by atoms with Crippen LogP contribution in [0.1, 0.15) is 31.7 Å². The lowest BCUT2D eigenvalue weighted by molar-refractivity contribution is -0.143. The van der Waals surface area contributed by atoms with E-state index >= 15 is 0 Å². The van der Waals surface area contributed by atoms with Gasteiger partial charge in [-0.15, -0.1) is 0 Å². The van der Waals surface area contributed by atoms with Gasteiger partial charge in [0.15, 0.2) is 0 Å². The summed E-state index contributed by atoms with van der Waals surface area (Å²) in [7, 11) is 0. The number of ether oxygens (including phenoxy) is 1. The molecule has 0 aromatic heterocycles. The van der Waals surface area contributed by atoms with Gasteiger partial charge in [-0.2, -0.15) is 0 Å². The van der Waals surface area contributed by atoms with Crippen molar-refractivity contribution in [3.63, 3.8) is 0 Å². The zero-order chi connectivity index (χ0) is 16.1. The first kappa shape index (κ1) is 16.9. The molecule has 0 aliphatic rings. The maximum Gasteiger partial charge on any atom is 0.306 e. The summed E-state index contributed by atoms with van der Waals surface area (Å²) in [6.07, 6.45) is 0.384. The first-order valence-corrected chi connectivity index (χ1v) is 7.98. The third-order valence-corrected chi connectivity index (χ3v) is 4.05. The molecule has 4 heteroatoms. The number of hydrogen-bond donors (Lipinski definition) is 0. The highest BCUT2D eigenvalue weighted by Gasteiger charge is 2.12. The number of esters is 1. The van der Waals surface area contributed by atoms with Crippen LogP contribution in [-0.4, -0.2) is 12.6 Å². The fourth-order valence-electron chi connectivity index (χ4n) is 2.30. The summed E-state index contributed by atoms with van der Waals surface area (Å²) < 4.78 is 4.99. The predicted molar refractivity (Wildman–Crippen MR) is 91.6 cm³/mol. The Morgan fingerprint density at radius 2 is 1.82 bits per heavy atom. The Hall–Kier alpha value is -1.51. The van der Waals surface area contributed by atoms with Crippen LogP contribution in [0.15, 0.2) is 42.5 Å². The molecule has 0 amide bonds. The van der Waals surface area contributed by atoms with E-state index < -0.39 is 0 Å². The zero-order valence-corrected chi connectivity index (χ0v) is 14.1. The van der Waals surface area contributed by atoms with Crippen molar-refractivity contribution in [2.75, 3.05) is 6.61 Å². The minimum Gasteiger partial charge on any atom is -0.466 e. The molecule has 0 fully saturated rings. The second-order valence-electron chi connectivity index (χ2n) is 5.16. The van der Waals surface area contributed by atoms with Crippen LogP contribution in [-0.2, 0) is 9.53 Å². The largest absolute Gasteiger partial charge is 0.466 e. The van der Waals surface area contributed by atoms with E-state index in [0.717, 1.165) is 16.7 Å². The Labute approximate surface area is 141 Å². The summed E-state index contributed by atoms with van der Waals surface area (Å²) in [5, 5.41) is 1.24. The van der Waals surface area contributed by atoms with Crippen LogP contribution < -0.4 is 0 Å². The van der Waals surface area contributed by atoms with Crippen LogP contribution >= 0.6 is 23.2 Å². The van der Waals surface area contributed by atoms with E-state index in [1.807, 2.05) is 50.2 Å². The Bertz CT molecular complexity index is 651. The van der Waals surface area contributed by atoms with Crippen LogP contribution in [0.25, 0.3) is 11.1 Å². The maximum absolute atomic E-state index is 11.5. The second-order valence-corrected chi connectivity index (χ2v) is 6.00. The molecule has 0 N–H and O–H groups in total. The van der Waals surface area contributed by atoms with E-state index in [1.165, 1.54) is 0 Å². The van der Waals surface area contributed by atoms with Crippen molar-refractivity contribution in [2.45, 2.75) is 26.2 Å². The Morgan fingerprint density at radius 3 is 2.41 bits per heavy atom. The molecule has 2 aromatic rings. The average molecular weight is 337 g/mol. The highest BCUT2D eigenvalue weighted by Crippen LogP contribution is 2.31. The Balaban J connectivity index is 2.14. The minimum atomic E-state index is -0.167. The Kier molecular flexibility index (Phi) is 5.87. The highest BCUT2D eigenvalue weighted by atomic mass is 35.5. The number of rotatable bonds is 5. The zero-order valence-electron chi connectivity index (χ0n) is 12.6. The van der Waals surface area contributed by atoms with Crippen LogP contribution in [0, 0.1) is 0 Å². The second kappa shape index (κ2) is 7.66. The van der Waals surface area contributed by atoms with E-state index in [0.29, 0.717) is 23.1 Å². The van der Waals surface area contributed by atoms with Gasteiger partial charge < -0.3 is 4.74 Å². The van der Waals surface area contributed by atoms with Crippen molar-refractivity contribution >= 4 is 29.2 Å². The van der Waals surface area contributed by atoms with Crippen LogP contribution in [0.3, 0.4) is 0 Å². The third-order valence-electron chi connectivity index (χ3n) is 3.50. The van der Waals surface area contributed by atoms with Crippen molar-refractivity contribution < 1.29 is 9.53 Å². The van der Waals surface area contributed by atoms with E-state index in [9.17, 15) is 4.79 Å². The Morgan fingerprint density at radius 1 is 1.14 bits per heavy atom. The van der Waals surface area contributed by atoms with E-state index in [2.05, 4.69) is 0 Å². The lowest BCUT2D eigenvalue weighted by atomic mass is 9.95. The van der Waals surface area contributed by atoms with Crippen LogP contribution in [0.4, 0.5) is 0 Å². The van der Waals surface area contributed by atoms with Gasteiger partial charge in [0.25, 0.3) is 0 Å². The lowest BCUT2D eigenvalue weighted by Gasteiger charge is -2.12. The molecule has 0 spiro atoms. The number of hydrogen-bond acceptors (Lipinski definition) is 2. The van der Waals surface area contributed by atoms with Gasteiger partial charge in [-0.1, -0.05) is 60.5 Å². The van der Waals surface area contributed by atoms with Crippen molar-refractivity contribution in [3.05, 3.63) is 58.1 Å². The van der Waals surface area contributed by atoms with Gasteiger partial charge in [0.05, 0.1) is 13.0 Å². The van der Waals surface area contributed by atoms with Gasteiger partial charge in [0.2, 0.25) is 0 Å². The van der Waals surface area contributed by atoms with Crippen molar-refractivity contribution in [2.24, 2.45) is 0 Å². The lowest BCUT2D eigenvalue weighted by Crippen LogP contribution is -2.08.